The zero-order valence-electron chi connectivity index (χ0n) is 35.7. The molecule has 0 saturated carbocycles. The molecule has 61 heavy (non-hydrogen) atoms. The number of aromatic hydroxyl groups is 2. The molecule has 12 atom stereocenters. The lowest BCUT2D eigenvalue weighted by Crippen LogP contribution is -2.57. The zero-order chi connectivity index (χ0) is 43.5. The molecule has 5 heterocycles. The number of phenolic OH excluding ortho intramolecular Hbond substituents is 2. The third kappa shape index (κ3) is 6.84. The lowest BCUT2D eigenvalue weighted by atomic mass is 9.72. The topological polar surface area (TPSA) is 210 Å². The Bertz CT molecular complexity index is 2130. The highest BCUT2D eigenvalue weighted by Gasteiger charge is 2.57. The van der Waals surface area contributed by atoms with Gasteiger partial charge in [0.1, 0.15) is 41.2 Å². The van der Waals surface area contributed by atoms with Gasteiger partial charge in [-0.25, -0.2) is 0 Å². The van der Waals surface area contributed by atoms with Crippen LogP contribution in [0, 0.1) is 0 Å². The van der Waals surface area contributed by atoms with Gasteiger partial charge in [-0.05, 0) is 31.1 Å². The van der Waals surface area contributed by atoms with E-state index in [2.05, 4.69) is 44.1 Å². The molecule has 0 aromatic heterocycles. The van der Waals surface area contributed by atoms with Crippen molar-refractivity contribution in [2.45, 2.75) is 138 Å². The molecule has 2 aliphatic carbocycles. The largest absolute Gasteiger partial charge is 0.507 e. The summed E-state index contributed by atoms with van der Waals surface area (Å²) in [7, 11) is 0.724. The van der Waals surface area contributed by atoms with Gasteiger partial charge >= 0.3 is 0 Å². The van der Waals surface area contributed by atoms with Crippen LogP contribution in [-0.2, 0) is 48.8 Å². The highest BCUT2D eigenvalue weighted by Crippen LogP contribution is 2.53. The standard InChI is InChI=1S/C43H56N2O15Si/c1-19-36-23(45-12-13-54-40(53-6)39(45)59-36)14-27(57-19)58-25-16-43(51,41(50)44-22-17-55-38-26(18-56-37(22)38)60-61(7,8)42(2,3)4)15-21-29(25)35(49)31-30(33(21)47)32(46)20-10-9-11-24(52-5)28(20)34(31)48/h9-11,19,22-23,25-27,36-40,47,49,51H,12-18H2,1-8H3,(H,44,50)/t19-,22-,23-,25-,26+,27-,36+,37+,38+,39+,40-,43-/m0/s1. The number of fused-ring (bicyclic) bond motifs is 7. The molecule has 2 aromatic rings. The Morgan fingerprint density at radius 3 is 2.43 bits per heavy atom. The zero-order valence-corrected chi connectivity index (χ0v) is 36.7. The highest BCUT2D eigenvalue weighted by atomic mass is 28.4. The Labute approximate surface area is 354 Å². The number of methoxy groups -OCH3 is 2. The third-order valence-electron chi connectivity index (χ3n) is 14.2. The molecule has 5 saturated heterocycles. The number of nitrogens with zero attached hydrogens (tertiary/aromatic N) is 1. The Hall–Kier alpha value is -3.53. The van der Waals surface area contributed by atoms with Crippen LogP contribution in [0.4, 0.5) is 0 Å². The van der Waals surface area contributed by atoms with E-state index in [0.29, 0.717) is 13.2 Å². The molecule has 332 valence electrons. The molecule has 0 bridgehead atoms. The molecule has 5 fully saturated rings. The molecule has 0 radical (unpaired) electrons. The average molecular weight is 869 g/mol. The predicted octanol–water partition coefficient (Wildman–Crippen LogP) is 2.82. The summed E-state index contributed by atoms with van der Waals surface area (Å²) in [6, 6.07) is 3.67. The molecular weight excluding hydrogens is 813 g/mol. The Morgan fingerprint density at radius 1 is 0.967 bits per heavy atom. The Kier molecular flexibility index (Phi) is 10.7. The van der Waals surface area contributed by atoms with Crippen molar-refractivity contribution in [3.63, 3.8) is 0 Å². The molecule has 0 spiro atoms. The minimum Gasteiger partial charge on any atom is -0.507 e. The van der Waals surface area contributed by atoms with Crippen LogP contribution in [0.5, 0.6) is 17.2 Å². The molecule has 5 aliphatic heterocycles. The maximum atomic E-state index is 14.5. The number of hydrogen-bond donors (Lipinski definition) is 4. The number of benzene rings is 2. The van der Waals surface area contributed by atoms with Crippen LogP contribution >= 0.6 is 0 Å². The number of hydrogen-bond acceptors (Lipinski definition) is 16. The summed E-state index contributed by atoms with van der Waals surface area (Å²) >= 11 is 0. The third-order valence-corrected chi connectivity index (χ3v) is 18.7. The van der Waals surface area contributed by atoms with E-state index in [9.17, 15) is 29.7 Å². The van der Waals surface area contributed by atoms with Crippen molar-refractivity contribution in [3.05, 3.63) is 51.6 Å². The number of ether oxygens (including phenoxy) is 8. The van der Waals surface area contributed by atoms with Gasteiger partial charge in [-0.1, -0.05) is 32.9 Å². The summed E-state index contributed by atoms with van der Waals surface area (Å²) < 4.78 is 55.2. The number of amides is 1. The molecule has 0 unspecified atom stereocenters. The van der Waals surface area contributed by atoms with Gasteiger partial charge in [0.05, 0.1) is 68.0 Å². The van der Waals surface area contributed by atoms with Crippen molar-refractivity contribution in [1.29, 1.82) is 0 Å². The number of nitrogens with one attached hydrogen (secondary N) is 1. The number of carbonyl (C=O) groups is 3. The summed E-state index contributed by atoms with van der Waals surface area (Å²) in [6.07, 6.45) is -6.17. The SMILES string of the molecule is COc1cccc2c1C(=O)c1c(O)c3c(c(O)c1C2=O)C[C@@](O)(C(=O)N[C@H]1CO[C@H]2[C@@H]1OC[C@H]2O[Si](C)(C)C(C)(C)C)C[C@@H]3O[C@H]1C[C@H]2[C@H](O[C@@H]3[C@@H](OC)OCCN32)[C@H](C)O1. The van der Waals surface area contributed by atoms with Crippen molar-refractivity contribution < 1.29 is 72.0 Å². The molecule has 4 N–H and O–H groups in total. The van der Waals surface area contributed by atoms with Crippen LogP contribution in [-0.4, -0.2) is 154 Å². The Balaban J connectivity index is 1.04. The molecule has 1 amide bonds. The second-order valence-corrected chi connectivity index (χ2v) is 23.5. The number of aliphatic hydroxyl groups is 1. The minimum atomic E-state index is -2.26. The quantitative estimate of drug-likeness (QED) is 0.190. The van der Waals surface area contributed by atoms with E-state index in [1.165, 1.54) is 19.2 Å². The lowest BCUT2D eigenvalue weighted by molar-refractivity contribution is -0.256. The first-order valence-electron chi connectivity index (χ1n) is 21.0. The van der Waals surface area contributed by atoms with Crippen molar-refractivity contribution in [2.24, 2.45) is 0 Å². The number of carbonyl (C=O) groups excluding carboxylic acids is 3. The van der Waals surface area contributed by atoms with E-state index >= 15 is 0 Å². The van der Waals surface area contributed by atoms with Gasteiger partial charge in [-0.15, -0.1) is 0 Å². The summed E-state index contributed by atoms with van der Waals surface area (Å²) in [5, 5.41) is 39.6. The average Bonchev–Trinajstić information content (AvgIpc) is 3.92. The summed E-state index contributed by atoms with van der Waals surface area (Å²) in [6.45, 7) is 14.0. The summed E-state index contributed by atoms with van der Waals surface area (Å²) in [5.74, 6) is -3.40. The molecule has 17 nitrogen and oxygen atoms in total. The second-order valence-electron chi connectivity index (χ2n) is 18.8. The van der Waals surface area contributed by atoms with E-state index in [0.717, 1.165) is 0 Å². The number of morpholine rings is 1. The highest BCUT2D eigenvalue weighted by molar-refractivity contribution is 6.74. The van der Waals surface area contributed by atoms with Crippen LogP contribution in [0.2, 0.25) is 18.1 Å². The minimum absolute atomic E-state index is 0.0265. The predicted molar refractivity (Wildman–Crippen MR) is 215 cm³/mol. The summed E-state index contributed by atoms with van der Waals surface area (Å²) in [5.41, 5.74) is -3.35. The van der Waals surface area contributed by atoms with Gasteiger partial charge in [0.25, 0.3) is 5.91 Å². The molecule has 18 heteroatoms. The maximum Gasteiger partial charge on any atom is 0.252 e. The fourth-order valence-corrected chi connectivity index (χ4v) is 11.4. The monoisotopic (exact) mass is 868 g/mol. The van der Waals surface area contributed by atoms with E-state index in [1.54, 1.807) is 13.2 Å². The van der Waals surface area contributed by atoms with Crippen LogP contribution in [0.15, 0.2) is 18.2 Å². The van der Waals surface area contributed by atoms with E-state index in [4.69, 9.17) is 42.3 Å². The van der Waals surface area contributed by atoms with Gasteiger partial charge in [0.2, 0.25) is 5.78 Å². The molecule has 9 rings (SSSR count). The molecule has 2 aromatic carbocycles. The van der Waals surface area contributed by atoms with Gasteiger partial charge in [-0.3, -0.25) is 19.3 Å². The first-order chi connectivity index (χ1) is 28.9. The van der Waals surface area contributed by atoms with Gasteiger partial charge in [-0.2, -0.15) is 0 Å². The van der Waals surface area contributed by atoms with Crippen molar-refractivity contribution in [3.8, 4) is 17.2 Å². The van der Waals surface area contributed by atoms with Crippen LogP contribution < -0.4 is 10.1 Å². The number of ketones is 2. The number of phenols is 2. The second kappa shape index (κ2) is 15.3. The molecule has 7 aliphatic rings. The summed E-state index contributed by atoms with van der Waals surface area (Å²) in [4.78, 5) is 45.0. The van der Waals surface area contributed by atoms with Gasteiger partial charge in [0, 0.05) is 55.6 Å². The van der Waals surface area contributed by atoms with E-state index in [1.807, 2.05) is 6.92 Å². The van der Waals surface area contributed by atoms with E-state index < -0.39 is 116 Å². The lowest BCUT2D eigenvalue weighted by Gasteiger charge is -2.43. The fraction of sp³-hybridized carbons (Fsp3) is 0.651. The Morgan fingerprint density at radius 2 is 1.70 bits per heavy atom. The normalized spacial score (nSPS) is 35.8. The van der Waals surface area contributed by atoms with Crippen molar-refractivity contribution in [1.82, 2.24) is 10.2 Å². The van der Waals surface area contributed by atoms with Crippen molar-refractivity contribution in [2.75, 3.05) is 40.6 Å². The van der Waals surface area contributed by atoms with Gasteiger partial charge in [0.15, 0.2) is 32.9 Å². The van der Waals surface area contributed by atoms with E-state index in [-0.39, 0.29) is 70.9 Å². The van der Waals surface area contributed by atoms with Crippen LogP contribution in [0.1, 0.15) is 89.6 Å². The van der Waals surface area contributed by atoms with Crippen LogP contribution in [0.25, 0.3) is 0 Å². The smallest absolute Gasteiger partial charge is 0.252 e. The van der Waals surface area contributed by atoms with Crippen molar-refractivity contribution >= 4 is 25.8 Å². The number of rotatable bonds is 8. The molecular formula is C43H56N2O15Si. The van der Waals surface area contributed by atoms with Crippen LogP contribution in [0.3, 0.4) is 0 Å². The first kappa shape index (κ1) is 42.8. The fourth-order valence-electron chi connectivity index (χ4n) is 10.0. The maximum absolute atomic E-state index is 14.5. The first-order valence-corrected chi connectivity index (χ1v) is 24.0. The van der Waals surface area contributed by atoms with Gasteiger partial charge < -0.3 is 63.0 Å².